The zero-order valence-electron chi connectivity index (χ0n) is 15.8. The number of rotatable bonds is 2. The molecule has 0 aromatic heterocycles. The highest BCUT2D eigenvalue weighted by Crippen LogP contribution is 2.38. The van der Waals surface area contributed by atoms with Crippen LogP contribution in [0.4, 0.5) is 0 Å². The van der Waals surface area contributed by atoms with Crippen LogP contribution in [0, 0.1) is 0 Å². The van der Waals surface area contributed by atoms with Crippen molar-refractivity contribution in [3.63, 3.8) is 0 Å². The van der Waals surface area contributed by atoms with Gasteiger partial charge >= 0.3 is 0 Å². The average molecular weight is 350 g/mol. The Morgan fingerprint density at radius 1 is 0.885 bits per heavy atom. The van der Waals surface area contributed by atoms with Gasteiger partial charge in [-0.1, -0.05) is 60.7 Å². The number of benzene rings is 2. The zero-order valence-corrected chi connectivity index (χ0v) is 15.8. The molecule has 2 heterocycles. The number of likely N-dealkylation sites (tertiary alicyclic amines) is 1. The van der Waals surface area contributed by atoms with Crippen LogP contribution in [0.15, 0.2) is 60.7 Å². The van der Waals surface area contributed by atoms with Crippen molar-refractivity contribution in [2.24, 2.45) is 0 Å². The lowest BCUT2D eigenvalue weighted by atomic mass is 9.88. The van der Waals surface area contributed by atoms with E-state index in [-0.39, 0.29) is 5.60 Å². The van der Waals surface area contributed by atoms with Crippen LogP contribution in [0.25, 0.3) is 0 Å². The van der Waals surface area contributed by atoms with Crippen LogP contribution in [0.1, 0.15) is 49.1 Å². The van der Waals surface area contributed by atoms with Crippen LogP contribution in [0.5, 0.6) is 0 Å². The van der Waals surface area contributed by atoms with Gasteiger partial charge in [0, 0.05) is 26.2 Å². The molecule has 2 nitrogen and oxygen atoms in total. The van der Waals surface area contributed by atoms with E-state index in [0.29, 0.717) is 0 Å². The van der Waals surface area contributed by atoms with Crippen molar-refractivity contribution >= 4 is 0 Å². The van der Waals surface area contributed by atoms with Crippen molar-refractivity contribution in [3.05, 3.63) is 71.8 Å². The third kappa shape index (κ3) is 4.19. The minimum atomic E-state index is 0.268. The monoisotopic (exact) mass is 349 g/mol. The molecular formula is C24H31NO. The molecule has 2 fully saturated rings. The molecule has 0 amide bonds. The molecule has 2 aliphatic heterocycles. The Labute approximate surface area is 158 Å². The summed E-state index contributed by atoms with van der Waals surface area (Å²) in [6, 6.07) is 21.0. The Hall–Kier alpha value is -1.64. The van der Waals surface area contributed by atoms with Crippen LogP contribution < -0.4 is 0 Å². The van der Waals surface area contributed by atoms with Gasteiger partial charge in [-0.25, -0.2) is 0 Å². The molecular weight excluding hydrogens is 318 g/mol. The third-order valence-electron chi connectivity index (χ3n) is 6.35. The number of nitrogens with zero attached hydrogens (tertiary/aromatic N) is 1. The van der Waals surface area contributed by atoms with E-state index in [1.54, 1.807) is 11.1 Å². The van der Waals surface area contributed by atoms with Crippen LogP contribution in [-0.4, -0.2) is 36.7 Å². The van der Waals surface area contributed by atoms with Crippen molar-refractivity contribution < 1.29 is 4.74 Å². The Morgan fingerprint density at radius 2 is 1.58 bits per heavy atom. The SMILES string of the molecule is c1ccc2c(c1)CCC2CN1CCC2(CCCO2)CC1.c1ccccc1. The first-order valence-electron chi connectivity index (χ1n) is 10.3. The lowest BCUT2D eigenvalue weighted by molar-refractivity contribution is -0.0441. The molecule has 2 heteroatoms. The van der Waals surface area contributed by atoms with Gasteiger partial charge in [0.25, 0.3) is 0 Å². The minimum absolute atomic E-state index is 0.268. The fraction of sp³-hybridized carbons (Fsp3) is 0.500. The third-order valence-corrected chi connectivity index (χ3v) is 6.35. The summed E-state index contributed by atoms with van der Waals surface area (Å²) in [5.74, 6) is 0.768. The zero-order chi connectivity index (χ0) is 17.7. The van der Waals surface area contributed by atoms with Crippen LogP contribution in [0.3, 0.4) is 0 Å². The van der Waals surface area contributed by atoms with Crippen molar-refractivity contribution in [2.75, 3.05) is 26.2 Å². The molecule has 1 aliphatic carbocycles. The maximum Gasteiger partial charge on any atom is 0.0707 e. The predicted octanol–water partition coefficient (Wildman–Crippen LogP) is 5.05. The first-order valence-corrected chi connectivity index (χ1v) is 10.3. The summed E-state index contributed by atoms with van der Waals surface area (Å²) < 4.78 is 6.03. The molecule has 2 saturated heterocycles. The molecule has 5 rings (SSSR count). The van der Waals surface area contributed by atoms with Gasteiger partial charge < -0.3 is 9.64 Å². The molecule has 0 radical (unpaired) electrons. The molecule has 2 aromatic rings. The summed E-state index contributed by atoms with van der Waals surface area (Å²) in [5.41, 5.74) is 3.47. The smallest absolute Gasteiger partial charge is 0.0707 e. The van der Waals surface area contributed by atoms with E-state index in [4.69, 9.17) is 4.74 Å². The standard InChI is InChI=1S/C18H25NO.C6H6/c1-2-5-17-15(4-1)6-7-16(17)14-19-11-9-18(10-12-19)8-3-13-20-18;1-2-4-6-5-3-1/h1-2,4-5,16H,3,6-14H2;1-6H. The molecule has 1 atom stereocenters. The quantitative estimate of drug-likeness (QED) is 0.752. The summed E-state index contributed by atoms with van der Waals surface area (Å²) in [6.45, 7) is 4.72. The minimum Gasteiger partial charge on any atom is -0.375 e. The van der Waals surface area contributed by atoms with E-state index in [1.807, 2.05) is 36.4 Å². The number of piperidine rings is 1. The Balaban J connectivity index is 0.000000240. The van der Waals surface area contributed by atoms with E-state index in [2.05, 4.69) is 29.2 Å². The first kappa shape index (κ1) is 17.8. The molecule has 1 spiro atoms. The molecule has 2 aromatic carbocycles. The van der Waals surface area contributed by atoms with Gasteiger partial charge in [-0.3, -0.25) is 0 Å². The normalized spacial score (nSPS) is 24.1. The summed E-state index contributed by atoms with van der Waals surface area (Å²) >= 11 is 0. The molecule has 0 bridgehead atoms. The average Bonchev–Trinajstić information content (AvgIpc) is 3.33. The maximum absolute atomic E-state index is 6.03. The molecule has 3 aliphatic rings. The van der Waals surface area contributed by atoms with Gasteiger partial charge in [-0.2, -0.15) is 0 Å². The van der Waals surface area contributed by atoms with Crippen LogP contribution in [0.2, 0.25) is 0 Å². The van der Waals surface area contributed by atoms with Crippen molar-refractivity contribution in [1.29, 1.82) is 0 Å². The van der Waals surface area contributed by atoms with Gasteiger partial charge in [0.15, 0.2) is 0 Å². The van der Waals surface area contributed by atoms with Crippen LogP contribution >= 0.6 is 0 Å². The fourth-order valence-corrected chi connectivity index (χ4v) is 4.82. The highest BCUT2D eigenvalue weighted by atomic mass is 16.5. The molecule has 0 N–H and O–H groups in total. The second-order valence-electron chi connectivity index (χ2n) is 8.02. The highest BCUT2D eigenvalue weighted by Gasteiger charge is 2.38. The summed E-state index contributed by atoms with van der Waals surface area (Å²) in [7, 11) is 0. The number of aryl methyl sites for hydroxylation is 1. The molecule has 26 heavy (non-hydrogen) atoms. The Kier molecular flexibility index (Phi) is 5.72. The highest BCUT2D eigenvalue weighted by molar-refractivity contribution is 5.35. The second kappa shape index (κ2) is 8.37. The van der Waals surface area contributed by atoms with E-state index in [9.17, 15) is 0 Å². The fourth-order valence-electron chi connectivity index (χ4n) is 4.82. The topological polar surface area (TPSA) is 12.5 Å². The van der Waals surface area contributed by atoms with Crippen molar-refractivity contribution in [1.82, 2.24) is 4.90 Å². The number of ether oxygens (including phenoxy) is 1. The number of hydrogen-bond acceptors (Lipinski definition) is 2. The lowest BCUT2D eigenvalue weighted by Gasteiger charge is -2.39. The van der Waals surface area contributed by atoms with Crippen molar-refractivity contribution in [3.8, 4) is 0 Å². The summed E-state index contributed by atoms with van der Waals surface area (Å²) in [4.78, 5) is 2.68. The van der Waals surface area contributed by atoms with E-state index in [0.717, 1.165) is 12.5 Å². The largest absolute Gasteiger partial charge is 0.375 e. The van der Waals surface area contributed by atoms with E-state index >= 15 is 0 Å². The summed E-state index contributed by atoms with van der Waals surface area (Å²) in [6.07, 6.45) is 7.70. The maximum atomic E-state index is 6.03. The number of hydrogen-bond donors (Lipinski definition) is 0. The van der Waals surface area contributed by atoms with Gasteiger partial charge in [0.05, 0.1) is 5.60 Å². The lowest BCUT2D eigenvalue weighted by Crippen LogP contribution is -2.45. The Bertz CT molecular complexity index is 641. The second-order valence-corrected chi connectivity index (χ2v) is 8.02. The molecule has 1 unspecified atom stereocenters. The predicted molar refractivity (Wildman–Crippen MR) is 108 cm³/mol. The Morgan fingerprint density at radius 3 is 2.23 bits per heavy atom. The van der Waals surface area contributed by atoms with Crippen LogP contribution in [-0.2, 0) is 11.2 Å². The van der Waals surface area contributed by atoms with E-state index in [1.165, 1.54) is 58.2 Å². The number of fused-ring (bicyclic) bond motifs is 1. The van der Waals surface area contributed by atoms with Gasteiger partial charge in [-0.15, -0.1) is 0 Å². The van der Waals surface area contributed by atoms with Gasteiger partial charge in [-0.05, 0) is 55.6 Å². The first-order chi connectivity index (χ1) is 12.8. The van der Waals surface area contributed by atoms with Crippen molar-refractivity contribution in [2.45, 2.75) is 50.0 Å². The van der Waals surface area contributed by atoms with Gasteiger partial charge in [0.2, 0.25) is 0 Å². The van der Waals surface area contributed by atoms with Gasteiger partial charge in [0.1, 0.15) is 0 Å². The molecule has 138 valence electrons. The summed E-state index contributed by atoms with van der Waals surface area (Å²) in [5, 5.41) is 0. The van der Waals surface area contributed by atoms with E-state index < -0.39 is 0 Å². The molecule has 0 saturated carbocycles.